The Kier molecular flexibility index (Phi) is 3.07. The second-order valence-corrected chi connectivity index (χ2v) is 4.28. The maximum absolute atomic E-state index is 11.4. The summed E-state index contributed by atoms with van der Waals surface area (Å²) in [6.45, 7) is 1.89. The summed E-state index contributed by atoms with van der Waals surface area (Å²) in [5, 5.41) is 6.89. The SMILES string of the molecule is COC(=O)C(C)C1NC2CC=CCC2N1. The van der Waals surface area contributed by atoms with Crippen LogP contribution in [0.3, 0.4) is 0 Å². The van der Waals surface area contributed by atoms with Gasteiger partial charge in [-0.05, 0) is 19.8 Å². The van der Waals surface area contributed by atoms with Gasteiger partial charge in [0.15, 0.2) is 0 Å². The van der Waals surface area contributed by atoms with E-state index in [9.17, 15) is 4.79 Å². The number of methoxy groups -OCH3 is 1. The molecule has 0 radical (unpaired) electrons. The number of rotatable bonds is 2. The van der Waals surface area contributed by atoms with Crippen molar-refractivity contribution < 1.29 is 9.53 Å². The van der Waals surface area contributed by atoms with Gasteiger partial charge >= 0.3 is 5.97 Å². The lowest BCUT2D eigenvalue weighted by Gasteiger charge is -2.19. The van der Waals surface area contributed by atoms with Crippen molar-refractivity contribution in [2.75, 3.05) is 7.11 Å². The number of carbonyl (C=O) groups excluding carboxylic acids is 1. The molecule has 0 amide bonds. The maximum Gasteiger partial charge on any atom is 0.311 e. The molecule has 1 aliphatic heterocycles. The van der Waals surface area contributed by atoms with E-state index in [4.69, 9.17) is 4.74 Å². The van der Waals surface area contributed by atoms with Crippen molar-refractivity contribution >= 4 is 5.97 Å². The van der Waals surface area contributed by atoms with E-state index >= 15 is 0 Å². The molecule has 0 aromatic carbocycles. The molecular weight excluding hydrogens is 192 g/mol. The minimum atomic E-state index is -0.161. The van der Waals surface area contributed by atoms with E-state index in [1.54, 1.807) is 0 Å². The summed E-state index contributed by atoms with van der Waals surface area (Å²) in [6, 6.07) is 0.930. The van der Waals surface area contributed by atoms with Crippen LogP contribution in [-0.4, -0.2) is 31.3 Å². The molecule has 1 saturated heterocycles. The number of fused-ring (bicyclic) bond motifs is 1. The zero-order valence-corrected chi connectivity index (χ0v) is 9.19. The summed E-state index contributed by atoms with van der Waals surface area (Å²) in [5.41, 5.74) is 0. The van der Waals surface area contributed by atoms with Crippen LogP contribution in [0.2, 0.25) is 0 Å². The highest BCUT2D eigenvalue weighted by molar-refractivity contribution is 5.72. The van der Waals surface area contributed by atoms with Gasteiger partial charge in [-0.25, -0.2) is 0 Å². The Hall–Kier alpha value is -0.870. The standard InChI is InChI=1S/C11H18N2O2/c1-7(11(14)15-2)10-12-8-5-3-4-6-9(8)13-10/h3-4,7-10,12-13H,5-6H2,1-2H3. The fraction of sp³-hybridized carbons (Fsp3) is 0.727. The molecule has 3 atom stereocenters. The Morgan fingerprint density at radius 3 is 2.33 bits per heavy atom. The normalized spacial score (nSPS) is 36.0. The Bertz CT molecular complexity index is 262. The highest BCUT2D eigenvalue weighted by Crippen LogP contribution is 2.20. The van der Waals surface area contributed by atoms with Gasteiger partial charge in [-0.15, -0.1) is 0 Å². The van der Waals surface area contributed by atoms with Gasteiger partial charge in [0.1, 0.15) is 0 Å². The summed E-state index contributed by atoms with van der Waals surface area (Å²) in [7, 11) is 1.43. The number of esters is 1. The number of carbonyl (C=O) groups is 1. The Labute approximate surface area is 90.1 Å². The van der Waals surface area contributed by atoms with Crippen LogP contribution in [0.5, 0.6) is 0 Å². The molecule has 0 bridgehead atoms. The Balaban J connectivity index is 1.95. The summed E-state index contributed by atoms with van der Waals surface area (Å²) in [5.74, 6) is -0.299. The fourth-order valence-corrected chi connectivity index (χ4v) is 2.30. The van der Waals surface area contributed by atoms with Crippen LogP contribution in [-0.2, 0) is 9.53 Å². The average Bonchev–Trinajstić information content (AvgIpc) is 2.70. The van der Waals surface area contributed by atoms with E-state index in [0.717, 1.165) is 12.8 Å². The maximum atomic E-state index is 11.4. The monoisotopic (exact) mass is 210 g/mol. The molecule has 2 aliphatic rings. The van der Waals surface area contributed by atoms with Crippen molar-refractivity contribution in [2.24, 2.45) is 5.92 Å². The molecule has 2 N–H and O–H groups in total. The molecule has 0 aromatic heterocycles. The van der Waals surface area contributed by atoms with Gasteiger partial charge in [0.2, 0.25) is 0 Å². The predicted octanol–water partition coefficient (Wildman–Crippen LogP) is 0.402. The van der Waals surface area contributed by atoms with Crippen LogP contribution in [0.4, 0.5) is 0 Å². The molecule has 4 nitrogen and oxygen atoms in total. The molecule has 4 heteroatoms. The smallest absolute Gasteiger partial charge is 0.311 e. The van der Waals surface area contributed by atoms with Crippen LogP contribution in [0, 0.1) is 5.92 Å². The first-order valence-corrected chi connectivity index (χ1v) is 5.47. The zero-order valence-electron chi connectivity index (χ0n) is 9.19. The van der Waals surface area contributed by atoms with Gasteiger partial charge in [0.25, 0.3) is 0 Å². The minimum absolute atomic E-state index is 0.0485. The predicted molar refractivity (Wildman–Crippen MR) is 57.2 cm³/mol. The van der Waals surface area contributed by atoms with E-state index < -0.39 is 0 Å². The van der Waals surface area contributed by atoms with Crippen molar-refractivity contribution in [3.63, 3.8) is 0 Å². The molecule has 0 saturated carbocycles. The molecule has 0 spiro atoms. The third-order valence-electron chi connectivity index (χ3n) is 3.29. The molecule has 15 heavy (non-hydrogen) atoms. The van der Waals surface area contributed by atoms with Crippen LogP contribution in [0.15, 0.2) is 12.2 Å². The van der Waals surface area contributed by atoms with Crippen molar-refractivity contribution in [2.45, 2.75) is 38.0 Å². The van der Waals surface area contributed by atoms with E-state index in [-0.39, 0.29) is 18.1 Å². The molecule has 1 heterocycles. The third kappa shape index (κ3) is 2.06. The first-order valence-electron chi connectivity index (χ1n) is 5.47. The van der Waals surface area contributed by atoms with Crippen molar-refractivity contribution in [1.82, 2.24) is 10.6 Å². The fourth-order valence-electron chi connectivity index (χ4n) is 2.30. The number of nitrogens with one attached hydrogen (secondary N) is 2. The van der Waals surface area contributed by atoms with Crippen LogP contribution >= 0.6 is 0 Å². The lowest BCUT2D eigenvalue weighted by atomic mass is 9.98. The number of hydrogen-bond acceptors (Lipinski definition) is 4. The van der Waals surface area contributed by atoms with Crippen molar-refractivity contribution in [1.29, 1.82) is 0 Å². The molecular formula is C11H18N2O2. The lowest BCUT2D eigenvalue weighted by Crippen LogP contribution is -2.43. The van der Waals surface area contributed by atoms with Crippen LogP contribution in [0.1, 0.15) is 19.8 Å². The van der Waals surface area contributed by atoms with Gasteiger partial charge in [-0.1, -0.05) is 12.2 Å². The summed E-state index contributed by atoms with van der Waals surface area (Å²) < 4.78 is 4.74. The van der Waals surface area contributed by atoms with Gasteiger partial charge in [0, 0.05) is 12.1 Å². The molecule has 1 aliphatic carbocycles. The van der Waals surface area contributed by atoms with Gasteiger partial charge in [-0.2, -0.15) is 0 Å². The quantitative estimate of drug-likeness (QED) is 0.512. The summed E-state index contributed by atoms with van der Waals surface area (Å²) >= 11 is 0. The molecule has 84 valence electrons. The van der Waals surface area contributed by atoms with Crippen molar-refractivity contribution in [3.8, 4) is 0 Å². The van der Waals surface area contributed by atoms with E-state index in [1.807, 2.05) is 6.92 Å². The molecule has 1 fully saturated rings. The Morgan fingerprint density at radius 2 is 1.87 bits per heavy atom. The van der Waals surface area contributed by atoms with Crippen LogP contribution in [0.25, 0.3) is 0 Å². The molecule has 2 rings (SSSR count). The minimum Gasteiger partial charge on any atom is -0.469 e. The van der Waals surface area contributed by atoms with E-state index in [2.05, 4.69) is 22.8 Å². The summed E-state index contributed by atoms with van der Waals surface area (Å²) in [6.07, 6.45) is 6.53. The number of ether oxygens (including phenoxy) is 1. The number of hydrogen-bond donors (Lipinski definition) is 2. The van der Waals surface area contributed by atoms with E-state index in [0.29, 0.717) is 12.1 Å². The highest BCUT2D eigenvalue weighted by Gasteiger charge is 2.37. The molecule has 0 aromatic rings. The second-order valence-electron chi connectivity index (χ2n) is 4.28. The highest BCUT2D eigenvalue weighted by atomic mass is 16.5. The Morgan fingerprint density at radius 1 is 1.33 bits per heavy atom. The van der Waals surface area contributed by atoms with E-state index in [1.165, 1.54) is 7.11 Å². The van der Waals surface area contributed by atoms with Gasteiger partial charge in [0.05, 0.1) is 19.2 Å². The first-order chi connectivity index (χ1) is 7.22. The van der Waals surface area contributed by atoms with Gasteiger partial charge < -0.3 is 4.74 Å². The topological polar surface area (TPSA) is 50.4 Å². The molecule has 3 unspecified atom stereocenters. The largest absolute Gasteiger partial charge is 0.469 e. The average molecular weight is 210 g/mol. The summed E-state index contributed by atoms with van der Waals surface area (Å²) in [4.78, 5) is 11.4. The third-order valence-corrected chi connectivity index (χ3v) is 3.29. The first kappa shape index (κ1) is 10.6. The van der Waals surface area contributed by atoms with Crippen molar-refractivity contribution in [3.05, 3.63) is 12.2 Å². The zero-order chi connectivity index (χ0) is 10.8. The second kappa shape index (κ2) is 4.33. The van der Waals surface area contributed by atoms with Gasteiger partial charge in [-0.3, -0.25) is 15.4 Å². The van der Waals surface area contributed by atoms with Crippen LogP contribution < -0.4 is 10.6 Å². The lowest BCUT2D eigenvalue weighted by molar-refractivity contribution is -0.145.